The van der Waals surface area contributed by atoms with Crippen molar-refractivity contribution >= 4 is 0 Å². The lowest BCUT2D eigenvalue weighted by molar-refractivity contribution is -0.170. The third kappa shape index (κ3) is 7.02. The van der Waals surface area contributed by atoms with Crippen molar-refractivity contribution < 1.29 is 9.47 Å². The summed E-state index contributed by atoms with van der Waals surface area (Å²) in [5.41, 5.74) is 0. The molecule has 3 nitrogen and oxygen atoms in total. The Balaban J connectivity index is 2.26. The summed E-state index contributed by atoms with van der Waals surface area (Å²) in [7, 11) is 4.26. The fourth-order valence-corrected chi connectivity index (χ4v) is 2.46. The maximum Gasteiger partial charge on any atom is 0.157 e. The quantitative estimate of drug-likeness (QED) is 0.686. The predicted molar refractivity (Wildman–Crippen MR) is 71.0 cm³/mol. The molecular formula is C14H29NO2. The van der Waals surface area contributed by atoms with Gasteiger partial charge in [-0.2, -0.15) is 0 Å². The first-order valence-electron chi connectivity index (χ1n) is 6.96. The maximum absolute atomic E-state index is 5.90. The normalized spacial score (nSPS) is 23.3. The Bertz CT molecular complexity index is 179. The van der Waals surface area contributed by atoms with E-state index in [1.54, 1.807) is 0 Å². The van der Waals surface area contributed by atoms with Gasteiger partial charge in [-0.3, -0.25) is 0 Å². The molecule has 1 saturated heterocycles. The molecule has 2 atom stereocenters. The van der Waals surface area contributed by atoms with E-state index in [1.165, 1.54) is 19.3 Å². The molecule has 17 heavy (non-hydrogen) atoms. The lowest BCUT2D eigenvalue weighted by Gasteiger charge is -2.27. The van der Waals surface area contributed by atoms with E-state index < -0.39 is 0 Å². The molecule has 0 aromatic heterocycles. The minimum absolute atomic E-state index is 0.0561. The van der Waals surface area contributed by atoms with Crippen LogP contribution in [0.4, 0.5) is 0 Å². The van der Waals surface area contributed by atoms with Gasteiger partial charge >= 0.3 is 0 Å². The van der Waals surface area contributed by atoms with E-state index in [0.717, 1.165) is 32.1 Å². The highest BCUT2D eigenvalue weighted by atomic mass is 16.7. The average molecular weight is 243 g/mol. The Hall–Kier alpha value is -0.120. The smallest absolute Gasteiger partial charge is 0.157 e. The zero-order chi connectivity index (χ0) is 12.7. The molecule has 102 valence electrons. The minimum Gasteiger partial charge on any atom is -0.353 e. The Morgan fingerprint density at radius 3 is 2.59 bits per heavy atom. The van der Waals surface area contributed by atoms with Crippen LogP contribution in [-0.2, 0) is 9.47 Å². The molecule has 1 rings (SSSR count). The van der Waals surface area contributed by atoms with Gasteiger partial charge in [-0.05, 0) is 51.6 Å². The number of ether oxygens (including phenoxy) is 2. The van der Waals surface area contributed by atoms with Crippen LogP contribution in [0.1, 0.15) is 39.5 Å². The molecule has 1 aliphatic heterocycles. The molecule has 1 aliphatic rings. The van der Waals surface area contributed by atoms with Crippen LogP contribution in [0.15, 0.2) is 0 Å². The first-order chi connectivity index (χ1) is 8.08. The predicted octanol–water partition coefficient (Wildman–Crippen LogP) is 2.75. The monoisotopic (exact) mass is 243 g/mol. The largest absolute Gasteiger partial charge is 0.353 e. The van der Waals surface area contributed by atoms with Crippen LogP contribution in [0.3, 0.4) is 0 Å². The molecule has 0 bridgehead atoms. The molecule has 0 amide bonds. The van der Waals surface area contributed by atoms with Crippen LogP contribution in [-0.4, -0.2) is 45.0 Å². The average Bonchev–Trinajstić information content (AvgIpc) is 2.26. The highest BCUT2D eigenvalue weighted by Gasteiger charge is 2.18. The zero-order valence-electron chi connectivity index (χ0n) is 11.9. The van der Waals surface area contributed by atoms with E-state index in [4.69, 9.17) is 9.47 Å². The molecule has 1 heterocycles. The second-order valence-electron chi connectivity index (χ2n) is 5.89. The van der Waals surface area contributed by atoms with Crippen molar-refractivity contribution in [2.45, 2.75) is 45.8 Å². The topological polar surface area (TPSA) is 21.7 Å². The summed E-state index contributed by atoms with van der Waals surface area (Å²) in [5, 5.41) is 0. The first kappa shape index (κ1) is 14.9. The van der Waals surface area contributed by atoms with E-state index in [2.05, 4.69) is 32.8 Å². The molecule has 3 heteroatoms. The zero-order valence-corrected chi connectivity index (χ0v) is 11.9. The molecule has 2 unspecified atom stereocenters. The van der Waals surface area contributed by atoms with Crippen molar-refractivity contribution in [3.63, 3.8) is 0 Å². The summed E-state index contributed by atoms with van der Waals surface area (Å²) in [6, 6.07) is 0. The molecule has 0 spiro atoms. The number of nitrogens with zero attached hydrogens (tertiary/aromatic N) is 1. The fraction of sp³-hybridized carbons (Fsp3) is 1.00. The molecule has 1 fully saturated rings. The van der Waals surface area contributed by atoms with Gasteiger partial charge < -0.3 is 14.4 Å². The third-order valence-electron chi connectivity index (χ3n) is 3.08. The number of rotatable bonds is 7. The van der Waals surface area contributed by atoms with Crippen molar-refractivity contribution in [3.05, 3.63) is 0 Å². The van der Waals surface area contributed by atoms with Crippen molar-refractivity contribution in [1.29, 1.82) is 0 Å². The van der Waals surface area contributed by atoms with Crippen LogP contribution in [0.25, 0.3) is 0 Å². The highest BCUT2D eigenvalue weighted by Crippen LogP contribution is 2.18. The molecule has 0 saturated carbocycles. The fourth-order valence-electron chi connectivity index (χ4n) is 2.46. The van der Waals surface area contributed by atoms with E-state index >= 15 is 0 Å². The second-order valence-corrected chi connectivity index (χ2v) is 5.89. The van der Waals surface area contributed by atoms with Gasteiger partial charge in [0.1, 0.15) is 0 Å². The van der Waals surface area contributed by atoms with E-state index in [1.807, 2.05) is 0 Å². The van der Waals surface area contributed by atoms with E-state index in [-0.39, 0.29) is 6.29 Å². The summed E-state index contributed by atoms with van der Waals surface area (Å²) < 4.78 is 11.5. The van der Waals surface area contributed by atoms with Crippen molar-refractivity contribution in [2.24, 2.45) is 11.8 Å². The van der Waals surface area contributed by atoms with Crippen LogP contribution < -0.4 is 0 Å². The second kappa shape index (κ2) is 8.06. The van der Waals surface area contributed by atoms with Crippen LogP contribution in [0, 0.1) is 11.8 Å². The van der Waals surface area contributed by atoms with Gasteiger partial charge in [0.15, 0.2) is 6.29 Å². The van der Waals surface area contributed by atoms with E-state index in [9.17, 15) is 0 Å². The molecule has 0 radical (unpaired) electrons. The molecular weight excluding hydrogens is 214 g/mol. The van der Waals surface area contributed by atoms with Gasteiger partial charge in [-0.25, -0.2) is 0 Å². The molecule has 0 aromatic carbocycles. The van der Waals surface area contributed by atoms with Gasteiger partial charge in [0.25, 0.3) is 0 Å². The van der Waals surface area contributed by atoms with Crippen LogP contribution in [0.5, 0.6) is 0 Å². The Labute approximate surface area is 106 Å². The van der Waals surface area contributed by atoms with Gasteiger partial charge in [-0.15, -0.1) is 0 Å². The number of hydrogen-bond acceptors (Lipinski definition) is 3. The van der Waals surface area contributed by atoms with Crippen molar-refractivity contribution in [2.75, 3.05) is 33.9 Å². The molecule has 0 aliphatic carbocycles. The van der Waals surface area contributed by atoms with Gasteiger partial charge in [0.05, 0.1) is 6.61 Å². The SMILES string of the molecule is CC(C)CC(COC1CCCCO1)CN(C)C. The molecule has 0 N–H and O–H groups in total. The Morgan fingerprint density at radius 2 is 2.06 bits per heavy atom. The van der Waals surface area contributed by atoms with Gasteiger partial charge in [0, 0.05) is 13.2 Å². The van der Waals surface area contributed by atoms with E-state index in [0.29, 0.717) is 5.92 Å². The standard InChI is InChI=1S/C14H29NO2/c1-12(2)9-13(10-15(3)4)11-17-14-7-5-6-8-16-14/h12-14H,5-11H2,1-4H3. The van der Waals surface area contributed by atoms with Gasteiger partial charge in [0.2, 0.25) is 0 Å². The van der Waals surface area contributed by atoms with Gasteiger partial charge in [-0.1, -0.05) is 13.8 Å². The third-order valence-corrected chi connectivity index (χ3v) is 3.08. The first-order valence-corrected chi connectivity index (χ1v) is 6.96. The summed E-state index contributed by atoms with van der Waals surface area (Å²) in [4.78, 5) is 2.25. The molecule has 0 aromatic rings. The minimum atomic E-state index is 0.0561. The summed E-state index contributed by atoms with van der Waals surface area (Å²) in [5.74, 6) is 1.35. The van der Waals surface area contributed by atoms with Crippen molar-refractivity contribution in [3.8, 4) is 0 Å². The van der Waals surface area contributed by atoms with Crippen LogP contribution >= 0.6 is 0 Å². The highest BCUT2D eigenvalue weighted by molar-refractivity contribution is 4.65. The Kier molecular flexibility index (Phi) is 7.09. The lowest BCUT2D eigenvalue weighted by Crippen LogP contribution is -2.30. The summed E-state index contributed by atoms with van der Waals surface area (Å²) >= 11 is 0. The summed E-state index contributed by atoms with van der Waals surface area (Å²) in [6.45, 7) is 7.36. The number of hydrogen-bond donors (Lipinski definition) is 0. The Morgan fingerprint density at radius 1 is 1.29 bits per heavy atom. The maximum atomic E-state index is 5.90. The van der Waals surface area contributed by atoms with Crippen LogP contribution in [0.2, 0.25) is 0 Å². The van der Waals surface area contributed by atoms with Crippen molar-refractivity contribution in [1.82, 2.24) is 4.90 Å². The summed E-state index contributed by atoms with van der Waals surface area (Å²) in [6.07, 6.45) is 4.78. The lowest BCUT2D eigenvalue weighted by atomic mass is 9.97.